The van der Waals surface area contributed by atoms with Gasteiger partial charge in [-0.15, -0.1) is 0 Å². The van der Waals surface area contributed by atoms with Crippen molar-refractivity contribution in [3.05, 3.63) is 24.7 Å². The predicted molar refractivity (Wildman–Crippen MR) is 35.8 cm³/mol. The van der Waals surface area contributed by atoms with E-state index in [4.69, 9.17) is 0 Å². The maximum absolute atomic E-state index is 4.58. The Bertz CT molecular complexity index is 68.2. The molecule has 1 nitrogen and oxygen atoms in total. The summed E-state index contributed by atoms with van der Waals surface area (Å²) in [7, 11) is 0. The molecule has 0 aliphatic rings. The van der Waals surface area contributed by atoms with Gasteiger partial charge in [0.15, 0.2) is 17.4 Å². The van der Waals surface area contributed by atoms with Gasteiger partial charge in [-0.25, -0.2) is 0 Å². The molecule has 0 saturated carbocycles. The van der Waals surface area contributed by atoms with E-state index in [1.54, 1.807) is 12.5 Å². The van der Waals surface area contributed by atoms with Crippen LogP contribution in [0.4, 0.5) is 0 Å². The number of furan rings is 1. The zero-order valence-corrected chi connectivity index (χ0v) is 2.72. The second-order valence-corrected chi connectivity index (χ2v) is 0.793. The van der Waals surface area contributed by atoms with Crippen molar-refractivity contribution >= 4 is 36.2 Å². The van der Waals surface area contributed by atoms with Gasteiger partial charge in [-0.2, -0.15) is 0 Å². The van der Waals surface area contributed by atoms with Crippen LogP contribution in [0.2, 0.25) is 0 Å². The van der Waals surface area contributed by atoms with Crippen LogP contribution in [0.25, 0.3) is 0 Å². The summed E-state index contributed by atoms with van der Waals surface area (Å²) in [5.41, 5.74) is 0. The van der Waals surface area contributed by atoms with Crippen LogP contribution in [0.15, 0.2) is 29.1 Å². The molecule has 0 spiro atoms. The Morgan fingerprint density at radius 2 is 1.43 bits per heavy atom. The summed E-state index contributed by atoms with van der Waals surface area (Å²) in [6.07, 6.45) is 3.25. The van der Waals surface area contributed by atoms with Gasteiger partial charge in [0.2, 0.25) is 0 Å². The van der Waals surface area contributed by atoms with Crippen molar-refractivity contribution in [2.45, 2.75) is 0 Å². The van der Waals surface area contributed by atoms with Gasteiger partial charge in [0.05, 0.1) is 12.5 Å². The van der Waals surface area contributed by atoms with Gasteiger partial charge in [-0.05, 0) is 12.1 Å². The fourth-order valence-electron chi connectivity index (χ4n) is 0.227. The van der Waals surface area contributed by atoms with Gasteiger partial charge in [-0.3, -0.25) is 0 Å². The summed E-state index contributed by atoms with van der Waals surface area (Å²) >= 11 is 0. The van der Waals surface area contributed by atoms with Gasteiger partial charge in [0.1, 0.15) is 0 Å². The van der Waals surface area contributed by atoms with E-state index in [-0.39, 0.29) is 36.2 Å². The molecule has 0 amide bonds. The first-order chi connectivity index (χ1) is 2.50. The van der Waals surface area contributed by atoms with Gasteiger partial charge in [-0.1, -0.05) is 0 Å². The summed E-state index contributed by atoms with van der Waals surface area (Å²) in [6.45, 7) is 0. The molecule has 0 aliphatic heterocycles. The van der Waals surface area contributed by atoms with Crippen LogP contribution in [0.1, 0.15) is 0 Å². The van der Waals surface area contributed by atoms with Crippen LogP contribution < -0.4 is 0 Å². The quantitative estimate of drug-likeness (QED) is 0.404. The topological polar surface area (TPSA) is 13.1 Å². The van der Waals surface area contributed by atoms with Gasteiger partial charge in [0, 0.05) is 0 Å². The van der Waals surface area contributed by atoms with E-state index in [9.17, 15) is 0 Å². The maximum Gasteiger partial charge on any atom is 0.0902 e. The first-order valence-electron chi connectivity index (χ1n) is 1.47. The van der Waals surface area contributed by atoms with Crippen LogP contribution in [-0.2, 0) is 0 Å². The molecule has 0 fully saturated rings. The third-order valence-electron chi connectivity index (χ3n) is 0.425. The molecule has 0 aromatic carbocycles. The second-order valence-electron chi connectivity index (χ2n) is 0.793. The van der Waals surface area contributed by atoms with Crippen molar-refractivity contribution < 1.29 is 4.42 Å². The zero-order valence-electron chi connectivity index (χ0n) is 2.72. The third kappa shape index (κ3) is 4.26. The van der Waals surface area contributed by atoms with Crippen LogP contribution >= 0.6 is 0 Å². The molecule has 1 heterocycles. The minimum Gasteiger partial charge on any atom is -0.473 e. The molecule has 1 aromatic rings. The molecule has 1 rings (SSSR count). The summed E-state index contributed by atoms with van der Waals surface area (Å²) in [4.78, 5) is 0. The molecular formula is C4H8AlLiO. The average Bonchev–Trinajstić information content (AvgIpc) is 1.76. The Morgan fingerprint density at radius 1 is 1.00 bits per heavy atom. The van der Waals surface area contributed by atoms with E-state index in [0.717, 1.165) is 0 Å². The zero-order chi connectivity index (χ0) is 3.54. The standard InChI is InChI=1S/C4H4O.Al.Li.4H/c1-2-4-5-3-1;;;;;;/h1-4H;;;;;;. The fourth-order valence-corrected chi connectivity index (χ4v) is 0.227. The molecule has 3 heteroatoms. The third-order valence-corrected chi connectivity index (χ3v) is 0.425. The monoisotopic (exact) mass is 106 g/mol. The van der Waals surface area contributed by atoms with Crippen molar-refractivity contribution in [2.75, 3.05) is 0 Å². The molecule has 0 bridgehead atoms. The SMILES string of the molecule is [AlH3].[LiH].c1ccoc1. The molecule has 34 valence electrons. The fraction of sp³-hybridized carbons (Fsp3) is 0. The molecule has 0 unspecified atom stereocenters. The average molecular weight is 106 g/mol. The maximum atomic E-state index is 4.58. The first-order valence-corrected chi connectivity index (χ1v) is 1.47. The molecule has 0 aliphatic carbocycles. The van der Waals surface area contributed by atoms with E-state index in [1.807, 2.05) is 12.1 Å². The first kappa shape index (κ1) is 10.4. The molecule has 0 atom stereocenters. The smallest absolute Gasteiger partial charge is 0.0902 e. The van der Waals surface area contributed by atoms with Crippen LogP contribution in [-0.4, -0.2) is 36.2 Å². The van der Waals surface area contributed by atoms with Gasteiger partial charge in [0.25, 0.3) is 0 Å². The van der Waals surface area contributed by atoms with Crippen LogP contribution in [0.5, 0.6) is 0 Å². The van der Waals surface area contributed by atoms with E-state index in [1.165, 1.54) is 0 Å². The molecule has 0 radical (unpaired) electrons. The minimum atomic E-state index is 0. The normalized spacial score (nSPS) is 5.71. The number of hydrogen-bond donors (Lipinski definition) is 0. The van der Waals surface area contributed by atoms with Gasteiger partial charge < -0.3 is 4.42 Å². The Balaban J connectivity index is 0. The van der Waals surface area contributed by atoms with Crippen LogP contribution in [0.3, 0.4) is 0 Å². The molecule has 0 N–H and O–H groups in total. The van der Waals surface area contributed by atoms with E-state index in [0.29, 0.717) is 0 Å². The minimum absolute atomic E-state index is 0. The molecular weight excluding hydrogens is 98.0 g/mol. The second kappa shape index (κ2) is 6.41. The number of hydrogen-bond acceptors (Lipinski definition) is 1. The van der Waals surface area contributed by atoms with E-state index in [2.05, 4.69) is 4.42 Å². The summed E-state index contributed by atoms with van der Waals surface area (Å²) in [6, 6.07) is 3.67. The Labute approximate surface area is 65.4 Å². The van der Waals surface area contributed by atoms with Crippen molar-refractivity contribution in [3.63, 3.8) is 0 Å². The van der Waals surface area contributed by atoms with E-state index >= 15 is 0 Å². The largest absolute Gasteiger partial charge is 0.473 e. The Kier molecular flexibility index (Phi) is 9.53. The van der Waals surface area contributed by atoms with Crippen molar-refractivity contribution in [1.29, 1.82) is 0 Å². The molecule has 7 heavy (non-hydrogen) atoms. The molecule has 1 aromatic heterocycles. The van der Waals surface area contributed by atoms with Gasteiger partial charge >= 0.3 is 18.9 Å². The summed E-state index contributed by atoms with van der Waals surface area (Å²) in [5.74, 6) is 0. The molecule has 0 saturated heterocycles. The van der Waals surface area contributed by atoms with E-state index < -0.39 is 0 Å². The van der Waals surface area contributed by atoms with Crippen molar-refractivity contribution in [2.24, 2.45) is 0 Å². The summed E-state index contributed by atoms with van der Waals surface area (Å²) in [5, 5.41) is 0. The number of rotatable bonds is 0. The van der Waals surface area contributed by atoms with Crippen molar-refractivity contribution in [1.82, 2.24) is 0 Å². The Hall–Kier alpha value is 0.410. The predicted octanol–water partition coefficient (Wildman–Crippen LogP) is -0.553. The van der Waals surface area contributed by atoms with Crippen LogP contribution in [0, 0.1) is 0 Å². The summed E-state index contributed by atoms with van der Waals surface area (Å²) < 4.78 is 4.58. The Morgan fingerprint density at radius 3 is 1.57 bits per heavy atom. The van der Waals surface area contributed by atoms with Crippen molar-refractivity contribution in [3.8, 4) is 0 Å².